The maximum absolute atomic E-state index is 11.8. The van der Waals surface area contributed by atoms with Crippen molar-refractivity contribution in [3.63, 3.8) is 0 Å². The Kier molecular flexibility index (Phi) is 2.08. The molecule has 4 heteroatoms. The Morgan fingerprint density at radius 2 is 2.18 bits per heavy atom. The molecule has 0 spiro atoms. The lowest BCUT2D eigenvalue weighted by Crippen LogP contribution is -2.42. The molecule has 1 aromatic rings. The van der Waals surface area contributed by atoms with Crippen molar-refractivity contribution in [3.8, 4) is 0 Å². The molecule has 0 fully saturated rings. The Morgan fingerprint density at radius 3 is 2.94 bits per heavy atom. The highest BCUT2D eigenvalue weighted by atomic mass is 16.2. The lowest BCUT2D eigenvalue weighted by Gasteiger charge is -2.22. The van der Waals surface area contributed by atoms with Gasteiger partial charge in [-0.2, -0.15) is 0 Å². The third-order valence-electron chi connectivity index (χ3n) is 2.78. The maximum atomic E-state index is 11.8. The van der Waals surface area contributed by atoms with Gasteiger partial charge in [-0.1, -0.05) is 24.8 Å². The normalized spacial score (nSPS) is 17.9. The second kappa shape index (κ2) is 3.59. The summed E-state index contributed by atoms with van der Waals surface area (Å²) in [5, 5.41) is 2.66. The van der Waals surface area contributed by atoms with Crippen LogP contribution in [0.5, 0.6) is 0 Å². The van der Waals surface area contributed by atoms with Crippen molar-refractivity contribution in [1.29, 1.82) is 0 Å². The van der Waals surface area contributed by atoms with E-state index in [4.69, 9.17) is 0 Å². The number of allylic oxidation sites excluding steroid dienone is 1. The van der Waals surface area contributed by atoms with Gasteiger partial charge in [0, 0.05) is 18.3 Å². The predicted octanol–water partition coefficient (Wildman–Crippen LogP) is 2.33. The third kappa shape index (κ3) is 1.63. The molecular formula is C13H11N3O. The number of aliphatic imine (C=N–C) groups is 1. The quantitative estimate of drug-likeness (QED) is 0.723. The second-order valence-corrected chi connectivity index (χ2v) is 3.97. The number of nitrogens with zero attached hydrogens (tertiary/aromatic N) is 2. The molecule has 0 bridgehead atoms. The minimum atomic E-state index is -0.205. The Morgan fingerprint density at radius 1 is 1.35 bits per heavy atom. The molecular weight excluding hydrogens is 214 g/mol. The van der Waals surface area contributed by atoms with Gasteiger partial charge in [0.2, 0.25) is 0 Å². The van der Waals surface area contributed by atoms with Gasteiger partial charge in [0.15, 0.2) is 0 Å². The van der Waals surface area contributed by atoms with Gasteiger partial charge in [-0.3, -0.25) is 4.90 Å². The summed E-state index contributed by atoms with van der Waals surface area (Å²) in [6.07, 6.45) is 4.14. The number of amides is 2. The molecule has 17 heavy (non-hydrogen) atoms. The number of rotatable bonds is 0. The van der Waals surface area contributed by atoms with Crippen LogP contribution in [-0.4, -0.2) is 16.8 Å². The van der Waals surface area contributed by atoms with E-state index in [-0.39, 0.29) is 6.03 Å². The average molecular weight is 225 g/mol. The van der Waals surface area contributed by atoms with E-state index >= 15 is 0 Å². The Labute approximate surface area is 99.0 Å². The van der Waals surface area contributed by atoms with E-state index in [1.807, 2.05) is 24.3 Å². The van der Waals surface area contributed by atoms with Gasteiger partial charge >= 0.3 is 6.03 Å². The first-order chi connectivity index (χ1) is 8.24. The van der Waals surface area contributed by atoms with Crippen LogP contribution in [0, 0.1) is 0 Å². The van der Waals surface area contributed by atoms with Gasteiger partial charge in [0.1, 0.15) is 5.84 Å². The van der Waals surface area contributed by atoms with Crippen LogP contribution < -0.4 is 5.32 Å². The van der Waals surface area contributed by atoms with Crippen LogP contribution >= 0.6 is 0 Å². The van der Waals surface area contributed by atoms with Crippen molar-refractivity contribution in [2.24, 2.45) is 4.99 Å². The molecule has 0 atom stereocenters. The summed E-state index contributed by atoms with van der Waals surface area (Å²) in [6, 6.07) is 7.69. The first kappa shape index (κ1) is 9.84. The molecule has 4 nitrogen and oxygen atoms in total. The smallest absolute Gasteiger partial charge is 0.308 e. The molecule has 2 aliphatic rings. The van der Waals surface area contributed by atoms with Crippen LogP contribution in [0.4, 0.5) is 10.5 Å². The fourth-order valence-electron chi connectivity index (χ4n) is 1.93. The number of carbonyl (C=O) groups excluding carboxylic acids is 1. The van der Waals surface area contributed by atoms with Gasteiger partial charge < -0.3 is 5.32 Å². The summed E-state index contributed by atoms with van der Waals surface area (Å²) in [4.78, 5) is 17.7. The Hall–Kier alpha value is -2.36. The molecule has 2 aliphatic heterocycles. The van der Waals surface area contributed by atoms with Crippen LogP contribution in [0.1, 0.15) is 5.56 Å². The molecule has 1 N–H and O–H groups in total. The zero-order chi connectivity index (χ0) is 11.8. The van der Waals surface area contributed by atoms with Gasteiger partial charge in [0.25, 0.3) is 0 Å². The number of para-hydroxylation sites is 1. The van der Waals surface area contributed by atoms with Crippen molar-refractivity contribution in [1.82, 2.24) is 10.2 Å². The van der Waals surface area contributed by atoms with Crippen LogP contribution in [0.25, 0.3) is 0 Å². The largest absolute Gasteiger partial charge is 0.331 e. The number of fused-ring (bicyclic) bond motifs is 1. The van der Waals surface area contributed by atoms with Crippen molar-refractivity contribution >= 4 is 17.6 Å². The number of urea groups is 1. The molecule has 0 unspecified atom stereocenters. The van der Waals surface area contributed by atoms with E-state index in [2.05, 4.69) is 16.9 Å². The van der Waals surface area contributed by atoms with Gasteiger partial charge in [-0.15, -0.1) is 0 Å². The van der Waals surface area contributed by atoms with Crippen molar-refractivity contribution in [2.75, 3.05) is 0 Å². The van der Waals surface area contributed by atoms with E-state index in [0.717, 1.165) is 17.1 Å². The number of nitrogens with one attached hydrogen (secondary N) is 1. The van der Waals surface area contributed by atoms with Gasteiger partial charge in [-0.25, -0.2) is 9.79 Å². The highest BCUT2D eigenvalue weighted by molar-refractivity contribution is 6.04. The Bertz CT molecular complexity index is 572. The SMILES string of the molecule is C=C1C=CN(C2=Nc3ccccc3C2)C(=O)N1. The van der Waals surface area contributed by atoms with Crippen molar-refractivity contribution in [2.45, 2.75) is 6.42 Å². The predicted molar refractivity (Wildman–Crippen MR) is 65.9 cm³/mol. The van der Waals surface area contributed by atoms with Gasteiger partial charge in [-0.05, 0) is 17.7 Å². The van der Waals surface area contributed by atoms with Crippen LogP contribution in [0.2, 0.25) is 0 Å². The Balaban J connectivity index is 1.92. The maximum Gasteiger partial charge on any atom is 0.331 e. The second-order valence-electron chi connectivity index (χ2n) is 3.97. The van der Waals surface area contributed by atoms with Crippen LogP contribution in [-0.2, 0) is 6.42 Å². The van der Waals surface area contributed by atoms with Crippen LogP contribution in [0.3, 0.4) is 0 Å². The van der Waals surface area contributed by atoms with E-state index in [1.165, 1.54) is 4.90 Å². The lowest BCUT2D eigenvalue weighted by atomic mass is 10.1. The molecule has 2 heterocycles. The number of carbonyl (C=O) groups is 1. The molecule has 0 aromatic heterocycles. The minimum absolute atomic E-state index is 0.205. The summed E-state index contributed by atoms with van der Waals surface area (Å²) >= 11 is 0. The van der Waals surface area contributed by atoms with E-state index < -0.39 is 0 Å². The molecule has 0 aliphatic carbocycles. The minimum Gasteiger partial charge on any atom is -0.308 e. The van der Waals surface area contributed by atoms with Gasteiger partial charge in [0.05, 0.1) is 5.69 Å². The van der Waals surface area contributed by atoms with E-state index in [9.17, 15) is 4.79 Å². The summed E-state index contributed by atoms with van der Waals surface area (Å²) < 4.78 is 0. The van der Waals surface area contributed by atoms with Crippen LogP contribution in [0.15, 0.2) is 53.8 Å². The number of benzene rings is 1. The molecule has 1 aromatic carbocycles. The molecule has 3 rings (SSSR count). The zero-order valence-corrected chi connectivity index (χ0v) is 9.18. The molecule has 0 saturated carbocycles. The summed E-state index contributed by atoms with van der Waals surface area (Å²) in [5.74, 6) is 0.743. The zero-order valence-electron chi connectivity index (χ0n) is 9.18. The molecule has 0 saturated heterocycles. The first-order valence-electron chi connectivity index (χ1n) is 5.37. The molecule has 84 valence electrons. The third-order valence-corrected chi connectivity index (χ3v) is 2.78. The fraction of sp³-hybridized carbons (Fsp3) is 0.0769. The van der Waals surface area contributed by atoms with E-state index in [0.29, 0.717) is 12.1 Å². The fourth-order valence-corrected chi connectivity index (χ4v) is 1.93. The average Bonchev–Trinajstić information content (AvgIpc) is 2.72. The van der Waals surface area contributed by atoms with E-state index in [1.54, 1.807) is 12.3 Å². The highest BCUT2D eigenvalue weighted by Gasteiger charge is 2.24. The monoisotopic (exact) mass is 225 g/mol. The summed E-state index contributed by atoms with van der Waals surface area (Å²) in [7, 11) is 0. The molecule has 0 radical (unpaired) electrons. The van der Waals surface area contributed by atoms with Crippen molar-refractivity contribution < 1.29 is 4.79 Å². The number of amidine groups is 1. The highest BCUT2D eigenvalue weighted by Crippen LogP contribution is 2.27. The standard InChI is InChI=1S/C13H11N3O/c1-9-6-7-16(13(17)14-9)12-8-10-4-2-3-5-11(10)15-12/h2-7H,1,8H2,(H,14,17). The summed E-state index contributed by atoms with van der Waals surface area (Å²) in [5.41, 5.74) is 2.68. The molecule has 2 amide bonds. The first-order valence-corrected chi connectivity index (χ1v) is 5.37. The van der Waals surface area contributed by atoms with Crippen molar-refractivity contribution in [3.05, 3.63) is 54.4 Å². The number of hydrogen-bond acceptors (Lipinski definition) is 2. The summed E-state index contributed by atoms with van der Waals surface area (Å²) in [6.45, 7) is 3.68. The topological polar surface area (TPSA) is 44.7 Å². The number of hydrogen-bond donors (Lipinski definition) is 1. The lowest BCUT2D eigenvalue weighted by molar-refractivity contribution is 0.231.